The Morgan fingerprint density at radius 1 is 1.08 bits per heavy atom. The number of nitrogens with zero attached hydrogens (tertiary/aromatic N) is 3. The van der Waals surface area contributed by atoms with Gasteiger partial charge in [0.1, 0.15) is 11.2 Å². The van der Waals surface area contributed by atoms with Crippen LogP contribution in [-0.4, -0.2) is 20.3 Å². The lowest BCUT2D eigenvalue weighted by atomic mass is 10.2. The molecule has 0 unspecified atom stereocenters. The lowest BCUT2D eigenvalue weighted by Gasteiger charge is -1.97. The first-order valence-electron chi connectivity index (χ1n) is 7.05. The molecule has 4 rings (SSSR count). The molecule has 2 aromatic carbocycles. The number of H-pyrrole nitrogens is 1. The van der Waals surface area contributed by atoms with E-state index in [-0.39, 0.29) is 16.7 Å². The van der Waals surface area contributed by atoms with Crippen molar-refractivity contribution in [2.75, 3.05) is 0 Å². The number of aromatic amines is 1. The maximum absolute atomic E-state index is 13.4. The molecule has 0 amide bonds. The summed E-state index contributed by atoms with van der Waals surface area (Å²) in [5, 5.41) is 14.6. The number of pyridine rings is 1. The second-order valence-corrected chi connectivity index (χ2v) is 5.24. The Bertz CT molecular complexity index is 1180. The number of nitro groups is 1. The molecule has 0 aliphatic rings. The fourth-order valence-corrected chi connectivity index (χ4v) is 2.75. The molecule has 25 heavy (non-hydrogen) atoms. The van der Waals surface area contributed by atoms with Gasteiger partial charge in [-0.15, -0.1) is 4.52 Å². The minimum absolute atomic E-state index is 0. The highest BCUT2D eigenvalue weighted by Crippen LogP contribution is 2.23. The molecule has 0 saturated heterocycles. The molecule has 0 fully saturated rings. The monoisotopic (exact) mass is 342 g/mol. The van der Waals surface area contributed by atoms with E-state index in [0.29, 0.717) is 16.6 Å². The fourth-order valence-electron chi connectivity index (χ4n) is 2.75. The van der Waals surface area contributed by atoms with Crippen LogP contribution in [0.2, 0.25) is 0 Å². The largest absolute Gasteiger partial charge is 0.870 e. The topological polar surface area (TPSA) is 115 Å². The van der Waals surface area contributed by atoms with Gasteiger partial charge in [0.05, 0.1) is 11.0 Å². The first-order chi connectivity index (χ1) is 11.6. The summed E-state index contributed by atoms with van der Waals surface area (Å²) >= 11 is 0. The molecule has 9 heteroatoms. The highest BCUT2D eigenvalue weighted by atomic mass is 19.1. The molecule has 0 aliphatic carbocycles. The van der Waals surface area contributed by atoms with Crippen LogP contribution in [0.4, 0.5) is 10.1 Å². The zero-order valence-corrected chi connectivity index (χ0v) is 12.6. The number of rotatable bonds is 2. The number of para-hydroxylation sites is 1. The van der Waals surface area contributed by atoms with Gasteiger partial charge in [-0.1, -0.05) is 28.1 Å². The molecule has 8 nitrogen and oxygen atoms in total. The number of fused-ring (bicyclic) bond motifs is 3. The van der Waals surface area contributed by atoms with Crippen LogP contribution >= 0.6 is 0 Å². The Hall–Kier alpha value is -3.59. The van der Waals surface area contributed by atoms with Crippen molar-refractivity contribution in [2.24, 2.45) is 0 Å². The fraction of sp³-hybridized carbons (Fsp3) is 0. The van der Waals surface area contributed by atoms with Gasteiger partial charge < -0.3 is 5.48 Å². The molecule has 0 radical (unpaired) electrons. The first-order valence-corrected chi connectivity index (χ1v) is 7.05. The number of hydrogen-bond donors (Lipinski definition) is 1. The van der Waals surface area contributed by atoms with E-state index < -0.39 is 16.3 Å². The summed E-state index contributed by atoms with van der Waals surface area (Å²) in [6.07, 6.45) is 0. The standard InChI is InChI=1S/C16H9FN4O3.H2O/c17-10-4-3-5-11(8-10)19-16(22)15-9-14(21(23)24)12-6-1-2-7-13(12)20(15)18-19;/h1-9H;1H2. The minimum atomic E-state index is -0.526. The summed E-state index contributed by atoms with van der Waals surface area (Å²) in [5.74, 6) is -0.487. The molecule has 126 valence electrons. The van der Waals surface area contributed by atoms with Crippen molar-refractivity contribution in [3.8, 4) is 5.69 Å². The van der Waals surface area contributed by atoms with Crippen molar-refractivity contribution in [1.82, 2.24) is 9.90 Å². The lowest BCUT2D eigenvalue weighted by molar-refractivity contribution is -0.556. The maximum atomic E-state index is 13.4. The summed E-state index contributed by atoms with van der Waals surface area (Å²) in [5.41, 5.74) is 0.219. The number of halogens is 1. The molecule has 0 saturated carbocycles. The van der Waals surface area contributed by atoms with E-state index in [1.54, 1.807) is 30.3 Å². The van der Waals surface area contributed by atoms with E-state index in [9.17, 15) is 19.3 Å². The summed E-state index contributed by atoms with van der Waals surface area (Å²) < 4.78 is 16.0. The number of benzene rings is 2. The van der Waals surface area contributed by atoms with Gasteiger partial charge in [0.15, 0.2) is 11.2 Å². The van der Waals surface area contributed by atoms with Gasteiger partial charge in [-0.3, -0.25) is 10.1 Å². The van der Waals surface area contributed by atoms with E-state index in [1.165, 1.54) is 28.8 Å². The van der Waals surface area contributed by atoms with Crippen molar-refractivity contribution in [3.05, 3.63) is 80.9 Å². The third kappa shape index (κ3) is 2.42. The lowest BCUT2D eigenvalue weighted by Crippen LogP contribution is -2.26. The van der Waals surface area contributed by atoms with Gasteiger partial charge >= 0.3 is 5.56 Å². The number of hydrogen-bond acceptors (Lipinski definition) is 4. The zero-order chi connectivity index (χ0) is 16.8. The van der Waals surface area contributed by atoms with Crippen molar-refractivity contribution >= 4 is 22.1 Å². The van der Waals surface area contributed by atoms with Crippen LogP contribution in [0, 0.1) is 15.9 Å². The molecular weight excluding hydrogens is 331 g/mol. The van der Waals surface area contributed by atoms with E-state index >= 15 is 0 Å². The van der Waals surface area contributed by atoms with Crippen LogP contribution in [0.15, 0.2) is 59.4 Å². The van der Waals surface area contributed by atoms with Crippen molar-refractivity contribution in [2.45, 2.75) is 0 Å². The summed E-state index contributed by atoms with van der Waals surface area (Å²) in [4.78, 5) is 23.4. The maximum Gasteiger partial charge on any atom is 0.406 e. The van der Waals surface area contributed by atoms with Gasteiger partial charge in [-0.2, -0.15) is 0 Å². The number of aromatic nitrogens is 3. The van der Waals surface area contributed by atoms with Crippen molar-refractivity contribution < 1.29 is 19.3 Å². The molecule has 4 aromatic rings. The molecule has 2 aromatic heterocycles. The molecule has 0 bridgehead atoms. The Labute approximate surface area is 138 Å². The quantitative estimate of drug-likeness (QED) is 0.340. The van der Waals surface area contributed by atoms with Gasteiger partial charge in [-0.25, -0.2) is 9.18 Å². The molecule has 2 N–H and O–H groups in total. The molecular formula is C16H11FN4O4. The van der Waals surface area contributed by atoms with E-state index in [4.69, 9.17) is 0 Å². The van der Waals surface area contributed by atoms with Crippen LogP contribution in [0.3, 0.4) is 0 Å². The Balaban J connectivity index is 0.00000182. The highest BCUT2D eigenvalue weighted by molar-refractivity contribution is 5.87. The van der Waals surface area contributed by atoms with E-state index in [1.807, 2.05) is 0 Å². The second-order valence-electron chi connectivity index (χ2n) is 5.24. The van der Waals surface area contributed by atoms with Crippen LogP contribution in [-0.2, 0) is 0 Å². The summed E-state index contributed by atoms with van der Waals surface area (Å²) in [6.45, 7) is 0. The SMILES string of the molecule is O=c1c2cc([N+](=O)[O-])c3ccccc3[n+]2[nH]n1-c1cccc(F)c1.[OH-]. The normalized spacial score (nSPS) is 10.8. The third-order valence-electron chi connectivity index (χ3n) is 3.82. The van der Waals surface area contributed by atoms with Crippen LogP contribution in [0.25, 0.3) is 22.1 Å². The highest BCUT2D eigenvalue weighted by Gasteiger charge is 2.25. The first kappa shape index (κ1) is 16.3. The molecule has 0 spiro atoms. The Morgan fingerprint density at radius 2 is 1.84 bits per heavy atom. The van der Waals surface area contributed by atoms with E-state index in [2.05, 4.69) is 5.21 Å². The van der Waals surface area contributed by atoms with Gasteiger partial charge in [0.2, 0.25) is 0 Å². The average molecular weight is 342 g/mol. The smallest absolute Gasteiger partial charge is 0.406 e. The van der Waals surface area contributed by atoms with Gasteiger partial charge in [0.25, 0.3) is 11.2 Å². The second kappa shape index (κ2) is 5.80. The molecule has 0 aliphatic heterocycles. The van der Waals surface area contributed by atoms with Crippen molar-refractivity contribution in [1.29, 1.82) is 0 Å². The summed E-state index contributed by atoms with van der Waals surface area (Å²) in [6, 6.07) is 13.4. The van der Waals surface area contributed by atoms with Crippen LogP contribution in [0.1, 0.15) is 0 Å². The predicted octanol–water partition coefficient (Wildman–Crippen LogP) is 1.93. The van der Waals surface area contributed by atoms with Crippen molar-refractivity contribution in [3.63, 3.8) is 0 Å². The van der Waals surface area contributed by atoms with E-state index in [0.717, 1.165) is 4.68 Å². The predicted molar refractivity (Wildman–Crippen MR) is 85.6 cm³/mol. The van der Waals surface area contributed by atoms with Gasteiger partial charge in [0, 0.05) is 6.07 Å². The zero-order valence-electron chi connectivity index (χ0n) is 12.6. The number of nitrogens with one attached hydrogen (secondary N) is 1. The van der Waals surface area contributed by atoms with Crippen LogP contribution < -0.4 is 10.1 Å². The van der Waals surface area contributed by atoms with Crippen LogP contribution in [0.5, 0.6) is 0 Å². The Morgan fingerprint density at radius 3 is 2.56 bits per heavy atom. The minimum Gasteiger partial charge on any atom is -0.870 e. The summed E-state index contributed by atoms with van der Waals surface area (Å²) in [7, 11) is 0. The van der Waals surface area contributed by atoms with Gasteiger partial charge in [-0.05, 0) is 24.3 Å². The molecule has 0 atom stereocenters. The third-order valence-corrected chi connectivity index (χ3v) is 3.82. The molecule has 2 heterocycles. The Kier molecular flexibility index (Phi) is 3.78. The average Bonchev–Trinajstić information content (AvgIpc) is 2.91.